The minimum atomic E-state index is -0.957. The zero-order chi connectivity index (χ0) is 24.8. The van der Waals surface area contributed by atoms with E-state index < -0.39 is 5.97 Å². The molecule has 0 bridgehead atoms. The van der Waals surface area contributed by atoms with Gasteiger partial charge in [-0.15, -0.1) is 5.10 Å². The maximum absolute atomic E-state index is 13.4. The van der Waals surface area contributed by atoms with Gasteiger partial charge in [0.15, 0.2) is 0 Å². The minimum absolute atomic E-state index is 0.0102. The number of fused-ring (bicyclic) bond motifs is 2. The summed E-state index contributed by atoms with van der Waals surface area (Å²) in [5.74, 6) is -0.893. The van der Waals surface area contributed by atoms with E-state index in [1.54, 1.807) is 12.1 Å². The summed E-state index contributed by atoms with van der Waals surface area (Å²) < 4.78 is 19.5. The first-order valence-corrected chi connectivity index (χ1v) is 12.5. The summed E-state index contributed by atoms with van der Waals surface area (Å²) in [7, 11) is 0. The molecule has 9 heteroatoms. The molecule has 2 fully saturated rings. The molecule has 0 radical (unpaired) electrons. The van der Waals surface area contributed by atoms with Crippen LogP contribution < -0.4 is 4.90 Å². The number of aliphatic carboxylic acids is 1. The molecule has 3 aliphatic rings. The summed E-state index contributed by atoms with van der Waals surface area (Å²) in [6.45, 7) is 0. The number of carboxylic acid groups (broad SMARTS) is 1. The van der Waals surface area contributed by atoms with Gasteiger partial charge in [0, 0.05) is 30.0 Å². The van der Waals surface area contributed by atoms with Gasteiger partial charge in [-0.3, -0.25) is 14.5 Å². The standard InChI is InChI=1S/C27H27FN4O4/c28-17-10-8-16(9-11-17)26-29-30-27(36-26)32-21-6-2-1-4-19(21)25(20-5-3-7-22(20)32)31(18-12-13-18)23(33)14-15-24(34)35/h1-2,4,6,8-11,18,20,22,25H,3,5,7,12-15H2,(H,34,35). The molecule has 2 aromatic carbocycles. The van der Waals surface area contributed by atoms with Crippen molar-refractivity contribution in [1.82, 2.24) is 15.1 Å². The molecule has 186 valence electrons. The van der Waals surface area contributed by atoms with Gasteiger partial charge in [0.1, 0.15) is 5.82 Å². The predicted molar refractivity (Wildman–Crippen MR) is 129 cm³/mol. The molecule has 3 aromatic rings. The Morgan fingerprint density at radius 2 is 1.81 bits per heavy atom. The topological polar surface area (TPSA) is 99.8 Å². The first-order chi connectivity index (χ1) is 17.5. The van der Waals surface area contributed by atoms with Crippen LogP contribution in [0.4, 0.5) is 16.1 Å². The second-order valence-corrected chi connectivity index (χ2v) is 9.86. The van der Waals surface area contributed by atoms with E-state index in [1.165, 1.54) is 12.1 Å². The lowest BCUT2D eigenvalue weighted by atomic mass is 9.81. The first kappa shape index (κ1) is 22.7. The molecule has 1 N–H and O–H groups in total. The van der Waals surface area contributed by atoms with Crippen molar-refractivity contribution in [1.29, 1.82) is 0 Å². The molecule has 2 aliphatic carbocycles. The average molecular weight is 491 g/mol. The van der Waals surface area contributed by atoms with Crippen molar-refractivity contribution in [2.24, 2.45) is 5.92 Å². The van der Waals surface area contributed by atoms with Crippen LogP contribution >= 0.6 is 0 Å². The molecular formula is C27H27FN4O4. The molecule has 0 saturated heterocycles. The number of para-hydroxylation sites is 1. The quantitative estimate of drug-likeness (QED) is 0.492. The molecule has 1 aromatic heterocycles. The van der Waals surface area contributed by atoms with E-state index in [2.05, 4.69) is 21.2 Å². The fourth-order valence-electron chi connectivity index (χ4n) is 5.93. The molecule has 0 spiro atoms. The van der Waals surface area contributed by atoms with E-state index in [1.807, 2.05) is 23.1 Å². The van der Waals surface area contributed by atoms with Crippen molar-refractivity contribution in [3.63, 3.8) is 0 Å². The highest BCUT2D eigenvalue weighted by molar-refractivity contribution is 5.82. The van der Waals surface area contributed by atoms with E-state index >= 15 is 0 Å². The number of amides is 1. The molecule has 1 amide bonds. The Kier molecular flexibility index (Phi) is 5.70. The van der Waals surface area contributed by atoms with Gasteiger partial charge in [0.2, 0.25) is 11.8 Å². The number of aromatic nitrogens is 2. The van der Waals surface area contributed by atoms with E-state index in [4.69, 9.17) is 9.52 Å². The van der Waals surface area contributed by atoms with Crippen molar-refractivity contribution in [2.45, 2.75) is 63.1 Å². The summed E-state index contributed by atoms with van der Waals surface area (Å²) >= 11 is 0. The average Bonchev–Trinajstić information content (AvgIpc) is 3.38. The fourth-order valence-corrected chi connectivity index (χ4v) is 5.93. The van der Waals surface area contributed by atoms with E-state index in [9.17, 15) is 14.0 Å². The van der Waals surface area contributed by atoms with Crippen LogP contribution in [0, 0.1) is 11.7 Å². The van der Waals surface area contributed by atoms with Crippen LogP contribution in [0.15, 0.2) is 52.9 Å². The molecule has 6 rings (SSSR count). The van der Waals surface area contributed by atoms with Crippen molar-refractivity contribution in [2.75, 3.05) is 4.90 Å². The number of nitrogens with zero attached hydrogens (tertiary/aromatic N) is 4. The Bertz CT molecular complexity index is 1290. The highest BCUT2D eigenvalue weighted by atomic mass is 19.1. The summed E-state index contributed by atoms with van der Waals surface area (Å²) in [4.78, 5) is 28.6. The Balaban J connectivity index is 1.39. The Morgan fingerprint density at radius 3 is 2.56 bits per heavy atom. The van der Waals surface area contributed by atoms with Crippen molar-refractivity contribution < 1.29 is 23.5 Å². The van der Waals surface area contributed by atoms with Gasteiger partial charge in [-0.1, -0.05) is 29.7 Å². The first-order valence-electron chi connectivity index (χ1n) is 12.5. The number of halogens is 1. The van der Waals surface area contributed by atoms with Crippen LogP contribution in [0.2, 0.25) is 0 Å². The molecule has 3 unspecified atom stereocenters. The lowest BCUT2D eigenvalue weighted by molar-refractivity contribution is -0.142. The molecular weight excluding hydrogens is 463 g/mol. The lowest BCUT2D eigenvalue weighted by Gasteiger charge is -2.47. The second-order valence-electron chi connectivity index (χ2n) is 9.86. The fraction of sp³-hybridized carbons (Fsp3) is 0.407. The third-order valence-electron chi connectivity index (χ3n) is 7.58. The van der Waals surface area contributed by atoms with Crippen LogP contribution in [0.3, 0.4) is 0 Å². The van der Waals surface area contributed by atoms with Crippen molar-refractivity contribution in [3.05, 3.63) is 59.9 Å². The number of benzene rings is 2. The Morgan fingerprint density at radius 1 is 1.03 bits per heavy atom. The minimum Gasteiger partial charge on any atom is -0.481 e. The largest absolute Gasteiger partial charge is 0.481 e. The molecule has 3 atom stereocenters. The van der Waals surface area contributed by atoms with Gasteiger partial charge in [0.05, 0.1) is 18.2 Å². The number of carboxylic acids is 1. The van der Waals surface area contributed by atoms with Crippen molar-refractivity contribution >= 4 is 23.6 Å². The zero-order valence-electron chi connectivity index (χ0n) is 19.7. The Hall–Kier alpha value is -3.75. The van der Waals surface area contributed by atoms with Crippen LogP contribution in [0.25, 0.3) is 11.5 Å². The van der Waals surface area contributed by atoms with E-state index in [0.29, 0.717) is 17.5 Å². The number of carbonyl (C=O) groups excluding carboxylic acids is 1. The summed E-state index contributed by atoms with van der Waals surface area (Å²) in [6, 6.07) is 14.5. The van der Waals surface area contributed by atoms with Gasteiger partial charge in [-0.05, 0) is 61.6 Å². The smallest absolute Gasteiger partial charge is 0.323 e. The lowest BCUT2D eigenvalue weighted by Crippen LogP contribution is -2.49. The highest BCUT2D eigenvalue weighted by Crippen LogP contribution is 2.54. The van der Waals surface area contributed by atoms with Crippen LogP contribution in [-0.4, -0.2) is 44.2 Å². The number of hydrogen-bond acceptors (Lipinski definition) is 6. The second kappa shape index (κ2) is 9.04. The maximum Gasteiger partial charge on any atom is 0.323 e. The van der Waals surface area contributed by atoms with Crippen LogP contribution in [0.5, 0.6) is 0 Å². The zero-order valence-corrected chi connectivity index (χ0v) is 19.7. The maximum atomic E-state index is 13.4. The van der Waals surface area contributed by atoms with Crippen molar-refractivity contribution in [3.8, 4) is 11.5 Å². The molecule has 36 heavy (non-hydrogen) atoms. The van der Waals surface area contributed by atoms with Gasteiger partial charge in [-0.25, -0.2) is 4.39 Å². The number of carbonyl (C=O) groups is 2. The van der Waals surface area contributed by atoms with E-state index in [0.717, 1.165) is 43.4 Å². The van der Waals surface area contributed by atoms with Gasteiger partial charge < -0.3 is 14.4 Å². The van der Waals surface area contributed by atoms with Gasteiger partial charge >= 0.3 is 12.0 Å². The Labute approximate surface area is 207 Å². The highest BCUT2D eigenvalue weighted by Gasteiger charge is 2.51. The number of anilines is 2. The molecule has 8 nitrogen and oxygen atoms in total. The number of hydrogen-bond donors (Lipinski definition) is 1. The molecule has 2 saturated carbocycles. The molecule has 1 aliphatic heterocycles. The number of rotatable bonds is 7. The molecule has 2 heterocycles. The third-order valence-corrected chi connectivity index (χ3v) is 7.58. The SMILES string of the molecule is O=C(O)CCC(=O)N(C1CC1)C1c2ccccc2N(c2nnc(-c3ccc(F)cc3)o2)C2CCCC21. The summed E-state index contributed by atoms with van der Waals surface area (Å²) in [5, 5.41) is 17.8. The third kappa shape index (κ3) is 4.02. The van der Waals surface area contributed by atoms with Gasteiger partial charge in [0.25, 0.3) is 0 Å². The van der Waals surface area contributed by atoms with E-state index in [-0.39, 0.29) is 48.6 Å². The summed E-state index contributed by atoms with van der Waals surface area (Å²) in [5.41, 5.74) is 2.60. The predicted octanol–water partition coefficient (Wildman–Crippen LogP) is 5.09. The normalized spacial score (nSPS) is 22.7. The monoisotopic (exact) mass is 490 g/mol. The van der Waals surface area contributed by atoms with Crippen LogP contribution in [0.1, 0.15) is 56.6 Å². The van der Waals surface area contributed by atoms with Gasteiger partial charge in [-0.2, -0.15) is 0 Å². The van der Waals surface area contributed by atoms with Crippen LogP contribution in [-0.2, 0) is 9.59 Å². The summed E-state index contributed by atoms with van der Waals surface area (Å²) in [6.07, 6.45) is 4.63.